The molecule has 0 bridgehead atoms. The van der Waals surface area contributed by atoms with Crippen LogP contribution in [0.15, 0.2) is 64.9 Å². The zero-order chi connectivity index (χ0) is 22.4. The number of thiophene rings is 1. The molecule has 0 aliphatic heterocycles. The lowest BCUT2D eigenvalue weighted by Gasteiger charge is -2.20. The Kier molecular flexibility index (Phi) is 7.35. The number of hydrogen-bond acceptors (Lipinski definition) is 5. The Bertz CT molecular complexity index is 1120. The molecule has 0 atom stereocenters. The largest absolute Gasteiger partial charge is 0.494 e. The number of rotatable bonds is 9. The molecule has 164 valence electrons. The van der Waals surface area contributed by atoms with Crippen LogP contribution in [0.2, 0.25) is 0 Å². The molecule has 3 rings (SSSR count). The summed E-state index contributed by atoms with van der Waals surface area (Å²) >= 11 is 1.11. The van der Waals surface area contributed by atoms with Crippen LogP contribution in [0.3, 0.4) is 0 Å². The highest BCUT2D eigenvalue weighted by molar-refractivity contribution is 7.93. The summed E-state index contributed by atoms with van der Waals surface area (Å²) in [5, 5.41) is 4.44. The molecule has 31 heavy (non-hydrogen) atoms. The van der Waals surface area contributed by atoms with E-state index in [2.05, 4.69) is 12.2 Å². The third-order valence-electron chi connectivity index (χ3n) is 4.87. The van der Waals surface area contributed by atoms with Crippen LogP contribution in [0.5, 0.6) is 5.75 Å². The van der Waals surface area contributed by atoms with E-state index in [0.717, 1.165) is 23.3 Å². The first kappa shape index (κ1) is 22.8. The Morgan fingerprint density at radius 1 is 1.00 bits per heavy atom. The van der Waals surface area contributed by atoms with E-state index in [4.69, 9.17) is 4.74 Å². The molecule has 8 heteroatoms. The van der Waals surface area contributed by atoms with Crippen molar-refractivity contribution < 1.29 is 17.9 Å². The van der Waals surface area contributed by atoms with Crippen molar-refractivity contribution in [2.24, 2.45) is 0 Å². The van der Waals surface area contributed by atoms with Crippen LogP contribution in [0.1, 0.15) is 34.6 Å². The Morgan fingerprint density at radius 3 is 2.26 bits per heavy atom. The Morgan fingerprint density at radius 2 is 1.65 bits per heavy atom. The number of ether oxygens (including phenoxy) is 1. The fourth-order valence-electron chi connectivity index (χ4n) is 3.03. The van der Waals surface area contributed by atoms with E-state index < -0.39 is 15.9 Å². The molecule has 0 spiro atoms. The molecule has 0 fully saturated rings. The maximum absolute atomic E-state index is 13.2. The highest BCUT2D eigenvalue weighted by Crippen LogP contribution is 2.29. The fraction of sp³-hybridized carbons (Fsp3) is 0.261. The van der Waals surface area contributed by atoms with Gasteiger partial charge in [-0.15, -0.1) is 11.3 Å². The average Bonchev–Trinajstić information content (AvgIpc) is 3.29. The molecule has 1 aromatic heterocycles. The van der Waals surface area contributed by atoms with Crippen LogP contribution in [-0.2, 0) is 23.0 Å². The molecule has 0 aliphatic carbocycles. The molecular formula is C23H26N2O4S2. The Labute approximate surface area is 187 Å². The lowest BCUT2D eigenvalue weighted by molar-refractivity contribution is 0.0952. The summed E-state index contributed by atoms with van der Waals surface area (Å²) in [6, 6.07) is 16.2. The second kappa shape index (κ2) is 9.98. The van der Waals surface area contributed by atoms with Gasteiger partial charge in [-0.25, -0.2) is 8.42 Å². The van der Waals surface area contributed by atoms with Crippen LogP contribution in [0.25, 0.3) is 0 Å². The third-order valence-corrected chi connectivity index (χ3v) is 7.74. The van der Waals surface area contributed by atoms with Gasteiger partial charge in [-0.05, 0) is 60.2 Å². The second-order valence-corrected chi connectivity index (χ2v) is 9.72. The smallest absolute Gasteiger partial charge is 0.265 e. The first-order valence-electron chi connectivity index (χ1n) is 10.0. The van der Waals surface area contributed by atoms with Crippen LogP contribution >= 0.6 is 11.3 Å². The average molecular weight is 459 g/mol. The van der Waals surface area contributed by atoms with Gasteiger partial charge in [0.15, 0.2) is 0 Å². The Hall–Kier alpha value is -2.84. The van der Waals surface area contributed by atoms with Gasteiger partial charge in [0.2, 0.25) is 0 Å². The van der Waals surface area contributed by atoms with Gasteiger partial charge in [-0.3, -0.25) is 9.10 Å². The van der Waals surface area contributed by atoms with Crippen molar-refractivity contribution in [2.75, 3.05) is 18.0 Å². The molecule has 0 unspecified atom stereocenters. The number of carbonyl (C=O) groups is 1. The summed E-state index contributed by atoms with van der Waals surface area (Å²) in [7, 11) is -2.43. The number of carbonyl (C=O) groups excluding carboxylic acids is 1. The minimum Gasteiger partial charge on any atom is -0.494 e. The van der Waals surface area contributed by atoms with E-state index in [-0.39, 0.29) is 9.77 Å². The number of amides is 1. The fourth-order valence-corrected chi connectivity index (χ4v) is 5.54. The predicted octanol–water partition coefficient (Wildman–Crippen LogP) is 4.46. The van der Waals surface area contributed by atoms with Gasteiger partial charge < -0.3 is 10.1 Å². The van der Waals surface area contributed by atoms with E-state index in [0.29, 0.717) is 24.6 Å². The van der Waals surface area contributed by atoms with E-state index in [1.807, 2.05) is 31.2 Å². The lowest BCUT2D eigenvalue weighted by atomic mass is 10.1. The highest BCUT2D eigenvalue weighted by Gasteiger charge is 2.28. The van der Waals surface area contributed by atoms with Gasteiger partial charge in [-0.1, -0.05) is 31.2 Å². The number of anilines is 1. The van der Waals surface area contributed by atoms with Crippen molar-refractivity contribution in [1.29, 1.82) is 0 Å². The Balaban J connectivity index is 1.75. The zero-order valence-electron chi connectivity index (χ0n) is 17.8. The van der Waals surface area contributed by atoms with Gasteiger partial charge in [-0.2, -0.15) is 0 Å². The summed E-state index contributed by atoms with van der Waals surface area (Å²) < 4.78 is 33.0. The van der Waals surface area contributed by atoms with Crippen molar-refractivity contribution in [1.82, 2.24) is 5.32 Å². The first-order chi connectivity index (χ1) is 14.9. The number of nitrogens with one attached hydrogen (secondary N) is 1. The summed E-state index contributed by atoms with van der Waals surface area (Å²) in [5.74, 6) is 0.257. The minimum absolute atomic E-state index is 0.00674. The molecule has 1 heterocycles. The van der Waals surface area contributed by atoms with Gasteiger partial charge in [0.25, 0.3) is 15.9 Å². The molecule has 3 aromatic rings. The topological polar surface area (TPSA) is 75.7 Å². The van der Waals surface area contributed by atoms with Crippen molar-refractivity contribution in [3.63, 3.8) is 0 Å². The maximum atomic E-state index is 13.2. The molecular weight excluding hydrogens is 432 g/mol. The standard InChI is InChI=1S/C23H26N2O4S2/c1-4-17-6-8-18(9-7-17)16-24-23(26)22-21(14-15-30-22)31(27,28)25(3)19-10-12-20(13-11-19)29-5-2/h6-15H,4-5,16H2,1-3H3,(H,24,26). The number of benzene rings is 2. The summed E-state index contributed by atoms with van der Waals surface area (Å²) in [4.78, 5) is 12.9. The molecule has 1 N–H and O–H groups in total. The SMILES string of the molecule is CCOc1ccc(N(C)S(=O)(=O)c2ccsc2C(=O)NCc2ccc(CC)cc2)cc1. The number of hydrogen-bond donors (Lipinski definition) is 1. The van der Waals surface area contributed by atoms with Crippen molar-refractivity contribution in [2.45, 2.75) is 31.7 Å². The molecule has 0 saturated carbocycles. The lowest BCUT2D eigenvalue weighted by Crippen LogP contribution is -2.29. The van der Waals surface area contributed by atoms with E-state index in [9.17, 15) is 13.2 Å². The van der Waals surface area contributed by atoms with Crippen LogP contribution in [0.4, 0.5) is 5.69 Å². The van der Waals surface area contributed by atoms with Crippen molar-refractivity contribution in [3.8, 4) is 5.75 Å². The number of aryl methyl sites for hydroxylation is 1. The summed E-state index contributed by atoms with van der Waals surface area (Å²) in [6.07, 6.45) is 0.949. The van der Waals surface area contributed by atoms with Gasteiger partial charge in [0.1, 0.15) is 15.5 Å². The molecule has 0 radical (unpaired) electrons. The minimum atomic E-state index is -3.90. The van der Waals surface area contributed by atoms with Crippen LogP contribution < -0.4 is 14.4 Å². The molecule has 6 nitrogen and oxygen atoms in total. The molecule has 0 saturated heterocycles. The molecule has 2 aromatic carbocycles. The van der Waals surface area contributed by atoms with Gasteiger partial charge in [0, 0.05) is 13.6 Å². The quantitative estimate of drug-likeness (QED) is 0.514. The van der Waals surface area contributed by atoms with Crippen LogP contribution in [0, 0.1) is 0 Å². The van der Waals surface area contributed by atoms with E-state index in [1.165, 1.54) is 23.0 Å². The zero-order valence-corrected chi connectivity index (χ0v) is 19.4. The highest BCUT2D eigenvalue weighted by atomic mass is 32.2. The third kappa shape index (κ3) is 5.26. The first-order valence-corrected chi connectivity index (χ1v) is 12.3. The van der Waals surface area contributed by atoms with Crippen molar-refractivity contribution in [3.05, 3.63) is 76.0 Å². The normalized spacial score (nSPS) is 11.2. The van der Waals surface area contributed by atoms with E-state index >= 15 is 0 Å². The van der Waals surface area contributed by atoms with Crippen LogP contribution in [-0.4, -0.2) is 28.0 Å². The van der Waals surface area contributed by atoms with Gasteiger partial charge >= 0.3 is 0 Å². The summed E-state index contributed by atoms with van der Waals surface area (Å²) in [6.45, 7) is 4.83. The monoisotopic (exact) mass is 458 g/mol. The van der Waals surface area contributed by atoms with Gasteiger partial charge in [0.05, 0.1) is 12.3 Å². The van der Waals surface area contributed by atoms with Crippen molar-refractivity contribution >= 4 is 33.0 Å². The number of sulfonamides is 1. The maximum Gasteiger partial charge on any atom is 0.265 e. The molecule has 1 amide bonds. The number of nitrogens with zero attached hydrogens (tertiary/aromatic N) is 1. The summed E-state index contributed by atoms with van der Waals surface area (Å²) in [5.41, 5.74) is 2.66. The molecule has 0 aliphatic rings. The second-order valence-electron chi connectivity index (χ2n) is 6.87. The predicted molar refractivity (Wildman–Crippen MR) is 125 cm³/mol. The van der Waals surface area contributed by atoms with E-state index in [1.54, 1.807) is 29.6 Å².